The lowest BCUT2D eigenvalue weighted by Gasteiger charge is -2.21. The highest BCUT2D eigenvalue weighted by molar-refractivity contribution is 6.13. The molecule has 0 radical (unpaired) electrons. The van der Waals surface area contributed by atoms with Gasteiger partial charge in [0, 0.05) is 12.1 Å². The van der Waals surface area contributed by atoms with Gasteiger partial charge < -0.3 is 9.94 Å². The Bertz CT molecular complexity index is 365. The molecule has 1 rings (SSSR count). The minimum atomic E-state index is -0.496. The maximum absolute atomic E-state index is 11.5. The minimum absolute atomic E-state index is 0.140. The van der Waals surface area contributed by atoms with E-state index in [0.717, 1.165) is 0 Å². The molecular formula is C10H13ClN2O3. The highest BCUT2D eigenvalue weighted by Gasteiger charge is 2.19. The van der Waals surface area contributed by atoms with E-state index in [4.69, 9.17) is 16.5 Å². The van der Waals surface area contributed by atoms with Crippen LogP contribution in [0.15, 0.2) is 24.5 Å². The van der Waals surface area contributed by atoms with E-state index in [-0.39, 0.29) is 6.61 Å². The number of nitrogens with one attached hydrogen (secondary N) is 1. The van der Waals surface area contributed by atoms with Crippen molar-refractivity contribution < 1.29 is 14.3 Å². The van der Waals surface area contributed by atoms with Crippen LogP contribution in [0.25, 0.3) is 0 Å². The second-order valence-corrected chi connectivity index (χ2v) is 4.19. The summed E-state index contributed by atoms with van der Waals surface area (Å²) in [4.78, 5) is 14.0. The molecule has 1 heterocycles. The number of hydrogen-bond acceptors (Lipinski definition) is 4. The lowest BCUT2D eigenvalue weighted by atomic mass is 10.1. The summed E-state index contributed by atoms with van der Waals surface area (Å²) >= 11 is 5.46. The van der Waals surface area contributed by atoms with Crippen LogP contribution in [0, 0.1) is 5.21 Å². The molecule has 0 aliphatic heterocycles. The van der Waals surface area contributed by atoms with Crippen molar-refractivity contribution in [2.24, 2.45) is 0 Å². The van der Waals surface area contributed by atoms with E-state index < -0.39 is 11.5 Å². The summed E-state index contributed by atoms with van der Waals surface area (Å²) in [5.41, 5.74) is -0.165. The lowest BCUT2D eigenvalue weighted by molar-refractivity contribution is -0.605. The second kappa shape index (κ2) is 5.14. The topological polar surface area (TPSA) is 65.3 Å². The van der Waals surface area contributed by atoms with E-state index >= 15 is 0 Å². The number of aromatic nitrogens is 1. The molecule has 0 saturated carbocycles. The van der Waals surface area contributed by atoms with Crippen molar-refractivity contribution >= 4 is 17.7 Å². The summed E-state index contributed by atoms with van der Waals surface area (Å²) in [7, 11) is 0. The smallest absolute Gasteiger partial charge is 0.338 e. The van der Waals surface area contributed by atoms with Gasteiger partial charge in [0.05, 0.1) is 11.1 Å². The van der Waals surface area contributed by atoms with Gasteiger partial charge in [-0.2, -0.15) is 4.73 Å². The first-order valence-corrected chi connectivity index (χ1v) is 5.06. The summed E-state index contributed by atoms with van der Waals surface area (Å²) in [5, 5.41) is 10.7. The molecule has 0 spiro atoms. The van der Waals surface area contributed by atoms with Crippen LogP contribution in [0.3, 0.4) is 0 Å². The molecule has 0 unspecified atom stereocenters. The molecule has 0 amide bonds. The van der Waals surface area contributed by atoms with Crippen molar-refractivity contribution in [3.63, 3.8) is 0 Å². The zero-order valence-corrected chi connectivity index (χ0v) is 9.82. The average molecular weight is 245 g/mol. The van der Waals surface area contributed by atoms with E-state index in [0.29, 0.717) is 10.3 Å². The standard InChI is InChI=1S/C10H13ClN2O3/c1-10(2,12-11)7-16-9(14)8-3-5-13(15)6-4-8/h3-6,12H,7H2,1-2H3. The molecule has 1 N–H and O–H groups in total. The van der Waals surface area contributed by atoms with E-state index in [1.54, 1.807) is 13.8 Å². The summed E-state index contributed by atoms with van der Waals surface area (Å²) in [6, 6.07) is 2.80. The molecule has 0 aliphatic rings. The van der Waals surface area contributed by atoms with Crippen LogP contribution in [0.2, 0.25) is 0 Å². The third kappa shape index (κ3) is 3.67. The molecule has 6 heteroatoms. The number of carbonyl (C=O) groups excluding carboxylic acids is 1. The van der Waals surface area contributed by atoms with Crippen LogP contribution < -0.4 is 9.57 Å². The Kier molecular flexibility index (Phi) is 4.09. The van der Waals surface area contributed by atoms with Gasteiger partial charge >= 0.3 is 5.97 Å². The van der Waals surface area contributed by atoms with Gasteiger partial charge in [-0.25, -0.2) is 9.63 Å². The maximum atomic E-state index is 11.5. The molecular weight excluding hydrogens is 232 g/mol. The Hall–Kier alpha value is -1.33. The van der Waals surface area contributed by atoms with Crippen molar-refractivity contribution in [2.75, 3.05) is 6.61 Å². The summed E-state index contributed by atoms with van der Waals surface area (Å²) in [5.74, 6) is -0.486. The van der Waals surface area contributed by atoms with Crippen molar-refractivity contribution in [3.8, 4) is 0 Å². The van der Waals surface area contributed by atoms with Crippen LogP contribution in [0.1, 0.15) is 24.2 Å². The summed E-state index contributed by atoms with van der Waals surface area (Å²) < 4.78 is 5.62. The predicted molar refractivity (Wildman–Crippen MR) is 58.8 cm³/mol. The second-order valence-electron chi connectivity index (χ2n) is 4.00. The van der Waals surface area contributed by atoms with Gasteiger partial charge in [0.25, 0.3) is 0 Å². The van der Waals surface area contributed by atoms with Crippen molar-refractivity contribution in [1.82, 2.24) is 4.84 Å². The normalized spacial score (nSPS) is 11.2. The van der Waals surface area contributed by atoms with E-state index in [2.05, 4.69) is 4.84 Å². The van der Waals surface area contributed by atoms with Crippen molar-refractivity contribution in [2.45, 2.75) is 19.4 Å². The molecule has 0 fully saturated rings. The van der Waals surface area contributed by atoms with Gasteiger partial charge in [-0.1, -0.05) is 0 Å². The Morgan fingerprint density at radius 3 is 2.62 bits per heavy atom. The van der Waals surface area contributed by atoms with Crippen LogP contribution in [0.5, 0.6) is 0 Å². The quantitative estimate of drug-likeness (QED) is 0.371. The van der Waals surface area contributed by atoms with E-state index in [9.17, 15) is 10.0 Å². The molecule has 0 bridgehead atoms. The SMILES string of the molecule is CC(C)(COC(=O)c1cc[n+]([O-])cc1)NCl. The fourth-order valence-corrected chi connectivity index (χ4v) is 0.960. The van der Waals surface area contributed by atoms with Crippen LogP contribution in [0.4, 0.5) is 0 Å². The first-order chi connectivity index (χ1) is 7.44. The molecule has 16 heavy (non-hydrogen) atoms. The zero-order chi connectivity index (χ0) is 12.2. The third-order valence-electron chi connectivity index (χ3n) is 1.86. The highest BCUT2D eigenvalue weighted by atomic mass is 35.5. The van der Waals surface area contributed by atoms with Gasteiger partial charge in [-0.05, 0) is 25.6 Å². The van der Waals surface area contributed by atoms with Gasteiger partial charge in [-0.3, -0.25) is 0 Å². The number of carbonyl (C=O) groups is 1. The van der Waals surface area contributed by atoms with Crippen LogP contribution in [-0.2, 0) is 4.74 Å². The first kappa shape index (κ1) is 12.7. The molecule has 0 atom stereocenters. The summed E-state index contributed by atoms with van der Waals surface area (Å²) in [6.07, 6.45) is 2.48. The molecule has 88 valence electrons. The first-order valence-electron chi connectivity index (χ1n) is 4.68. The van der Waals surface area contributed by atoms with Gasteiger partial charge in [0.1, 0.15) is 6.61 Å². The molecule has 1 aromatic heterocycles. The van der Waals surface area contributed by atoms with Crippen molar-refractivity contribution in [3.05, 3.63) is 35.3 Å². The third-order valence-corrected chi connectivity index (χ3v) is 2.37. The average Bonchev–Trinajstić information content (AvgIpc) is 2.27. The lowest BCUT2D eigenvalue weighted by Crippen LogP contribution is -2.38. The molecule has 0 aromatic carbocycles. The fraction of sp³-hybridized carbons (Fsp3) is 0.400. The largest absolute Gasteiger partial charge is 0.619 e. The molecule has 0 saturated heterocycles. The summed E-state index contributed by atoms with van der Waals surface area (Å²) in [6.45, 7) is 3.73. The van der Waals surface area contributed by atoms with Crippen LogP contribution >= 0.6 is 11.8 Å². The predicted octanol–water partition coefficient (Wildman–Crippen LogP) is 0.999. The number of ether oxygens (including phenoxy) is 1. The Morgan fingerprint density at radius 1 is 1.56 bits per heavy atom. The molecule has 1 aromatic rings. The number of halogens is 1. The number of nitrogens with zero attached hydrogens (tertiary/aromatic N) is 1. The Labute approximate surface area is 98.7 Å². The number of hydrogen-bond donors (Lipinski definition) is 1. The monoisotopic (exact) mass is 244 g/mol. The maximum Gasteiger partial charge on any atom is 0.338 e. The van der Waals surface area contributed by atoms with E-state index in [1.165, 1.54) is 24.5 Å². The van der Waals surface area contributed by atoms with Crippen molar-refractivity contribution in [1.29, 1.82) is 0 Å². The number of esters is 1. The highest BCUT2D eigenvalue weighted by Crippen LogP contribution is 2.06. The number of rotatable bonds is 4. The number of pyridine rings is 1. The Balaban J connectivity index is 2.56. The van der Waals surface area contributed by atoms with Crippen LogP contribution in [-0.4, -0.2) is 18.1 Å². The van der Waals surface area contributed by atoms with Gasteiger partial charge in [0.2, 0.25) is 0 Å². The zero-order valence-electron chi connectivity index (χ0n) is 9.07. The van der Waals surface area contributed by atoms with Gasteiger partial charge in [0.15, 0.2) is 12.4 Å². The molecule has 0 aliphatic carbocycles. The molecule has 5 nitrogen and oxygen atoms in total. The Morgan fingerprint density at radius 2 is 2.12 bits per heavy atom. The fourth-order valence-electron chi connectivity index (χ4n) is 0.905. The van der Waals surface area contributed by atoms with Gasteiger partial charge in [-0.15, -0.1) is 0 Å². The minimum Gasteiger partial charge on any atom is -0.619 e. The van der Waals surface area contributed by atoms with E-state index in [1.807, 2.05) is 0 Å².